The van der Waals surface area contributed by atoms with E-state index in [1.807, 2.05) is 18.2 Å². The molecule has 2 rings (SSSR count). The number of aromatic nitrogens is 2. The van der Waals surface area contributed by atoms with Gasteiger partial charge in [0, 0.05) is 12.4 Å². The molecule has 16 heavy (non-hydrogen) atoms. The number of pyridine rings is 2. The minimum Gasteiger partial charge on any atom is -0.395 e. The highest BCUT2D eigenvalue weighted by atomic mass is 35.5. The molecule has 2 N–H and O–H groups in total. The van der Waals surface area contributed by atoms with E-state index in [2.05, 4.69) is 21.8 Å². The lowest BCUT2D eigenvalue weighted by Gasteiger charge is -1.98. The van der Waals surface area contributed by atoms with Crippen LogP contribution in [0.4, 0.5) is 5.69 Å². The van der Waals surface area contributed by atoms with E-state index in [1.54, 1.807) is 18.5 Å². The molecule has 0 amide bonds. The molecule has 0 aromatic carbocycles. The number of rotatable bonds is 0. The Hall–Kier alpha value is -2.05. The molecule has 0 saturated heterocycles. The van der Waals surface area contributed by atoms with Crippen molar-refractivity contribution in [1.29, 1.82) is 0 Å². The number of hydrogen-bond acceptors (Lipinski definition) is 3. The number of anilines is 1. The van der Waals surface area contributed by atoms with Crippen molar-refractivity contribution in [2.24, 2.45) is 0 Å². The first kappa shape index (κ1) is 10.5. The number of nitrogen functional groups attached to an aromatic ring is 1. The molecule has 4 heteroatoms. The highest BCUT2D eigenvalue weighted by molar-refractivity contribution is 6.33. The molecule has 0 aliphatic heterocycles. The quantitative estimate of drug-likeness (QED) is 0.704. The predicted molar refractivity (Wildman–Crippen MR) is 63.9 cm³/mol. The van der Waals surface area contributed by atoms with Crippen molar-refractivity contribution >= 4 is 17.3 Å². The molecule has 0 aliphatic carbocycles. The number of nitrogens with zero attached hydrogens (tertiary/aromatic N) is 2. The van der Waals surface area contributed by atoms with Crippen molar-refractivity contribution < 1.29 is 0 Å². The van der Waals surface area contributed by atoms with Gasteiger partial charge in [0.1, 0.15) is 11.4 Å². The monoisotopic (exact) mass is 229 g/mol. The van der Waals surface area contributed by atoms with Gasteiger partial charge >= 0.3 is 0 Å². The largest absolute Gasteiger partial charge is 0.395 e. The first-order chi connectivity index (χ1) is 7.77. The van der Waals surface area contributed by atoms with E-state index in [4.69, 9.17) is 17.3 Å². The summed E-state index contributed by atoms with van der Waals surface area (Å²) in [6, 6.07) is 7.14. The van der Waals surface area contributed by atoms with Crippen LogP contribution in [-0.2, 0) is 0 Å². The van der Waals surface area contributed by atoms with Crippen LogP contribution in [0.1, 0.15) is 11.4 Å². The third-order valence-electron chi connectivity index (χ3n) is 1.91. The molecule has 2 aromatic heterocycles. The number of nitrogens with two attached hydrogens (primary N) is 1. The van der Waals surface area contributed by atoms with Crippen molar-refractivity contribution in [3.63, 3.8) is 0 Å². The fourth-order valence-electron chi connectivity index (χ4n) is 1.11. The van der Waals surface area contributed by atoms with Crippen molar-refractivity contribution in [1.82, 2.24) is 9.97 Å². The average molecular weight is 230 g/mol. The van der Waals surface area contributed by atoms with E-state index in [9.17, 15) is 0 Å². The summed E-state index contributed by atoms with van der Waals surface area (Å²) in [5.41, 5.74) is 7.27. The molecule has 0 bridgehead atoms. The molecule has 2 heterocycles. The van der Waals surface area contributed by atoms with Crippen molar-refractivity contribution in [3.05, 3.63) is 53.1 Å². The Labute approximate surface area is 98.3 Å². The molecular weight excluding hydrogens is 222 g/mol. The summed E-state index contributed by atoms with van der Waals surface area (Å²) in [5, 5.41) is 0.459. The average Bonchev–Trinajstić information content (AvgIpc) is 2.32. The Morgan fingerprint density at radius 1 is 1.06 bits per heavy atom. The van der Waals surface area contributed by atoms with E-state index < -0.39 is 0 Å². The molecule has 78 valence electrons. The first-order valence-electron chi connectivity index (χ1n) is 4.60. The van der Waals surface area contributed by atoms with E-state index >= 15 is 0 Å². The van der Waals surface area contributed by atoms with Crippen molar-refractivity contribution in [2.75, 3.05) is 5.73 Å². The zero-order chi connectivity index (χ0) is 11.4. The second-order valence-corrected chi connectivity index (χ2v) is 3.43. The van der Waals surface area contributed by atoms with Gasteiger partial charge < -0.3 is 5.73 Å². The SMILES string of the molecule is Nc1c(Cl)ccnc1C#Cc1ccccn1. The second-order valence-electron chi connectivity index (χ2n) is 3.02. The summed E-state index contributed by atoms with van der Waals surface area (Å²) in [6.07, 6.45) is 3.25. The van der Waals surface area contributed by atoms with Crippen molar-refractivity contribution in [3.8, 4) is 11.8 Å². The van der Waals surface area contributed by atoms with Crippen LogP contribution in [0.2, 0.25) is 5.02 Å². The lowest BCUT2D eigenvalue weighted by Crippen LogP contribution is -1.94. The summed E-state index contributed by atoms with van der Waals surface area (Å²) in [6.45, 7) is 0. The Balaban J connectivity index is 2.35. The first-order valence-corrected chi connectivity index (χ1v) is 4.98. The highest BCUT2D eigenvalue weighted by Gasteiger charge is 2.00. The van der Waals surface area contributed by atoms with E-state index in [0.29, 0.717) is 22.1 Å². The van der Waals surface area contributed by atoms with Crippen LogP contribution in [0.5, 0.6) is 0 Å². The minimum atomic E-state index is 0.396. The molecule has 0 atom stereocenters. The molecule has 0 aliphatic rings. The van der Waals surface area contributed by atoms with Crippen LogP contribution < -0.4 is 5.73 Å². The minimum absolute atomic E-state index is 0.396. The van der Waals surface area contributed by atoms with E-state index in [-0.39, 0.29) is 0 Å². The van der Waals surface area contributed by atoms with Crippen LogP contribution in [-0.4, -0.2) is 9.97 Å². The number of halogens is 1. The smallest absolute Gasteiger partial charge is 0.137 e. The van der Waals surface area contributed by atoms with Gasteiger partial charge in [0.2, 0.25) is 0 Å². The van der Waals surface area contributed by atoms with Gasteiger partial charge in [-0.25, -0.2) is 9.97 Å². The maximum atomic E-state index is 5.85. The van der Waals surface area contributed by atoms with Crippen LogP contribution in [0, 0.1) is 11.8 Å². The fourth-order valence-corrected chi connectivity index (χ4v) is 1.26. The molecule has 0 saturated carbocycles. The molecule has 2 aromatic rings. The predicted octanol–water partition coefficient (Wildman–Crippen LogP) is 2.11. The summed E-state index contributed by atoms with van der Waals surface area (Å²) in [5.74, 6) is 5.70. The molecule has 0 radical (unpaired) electrons. The maximum absolute atomic E-state index is 5.85. The van der Waals surface area contributed by atoms with Gasteiger partial charge in [0.25, 0.3) is 0 Å². The Morgan fingerprint density at radius 2 is 1.94 bits per heavy atom. The summed E-state index contributed by atoms with van der Waals surface area (Å²) in [7, 11) is 0. The number of hydrogen-bond donors (Lipinski definition) is 1. The summed E-state index contributed by atoms with van der Waals surface area (Å²) in [4.78, 5) is 8.11. The summed E-state index contributed by atoms with van der Waals surface area (Å²) >= 11 is 5.85. The topological polar surface area (TPSA) is 51.8 Å². The van der Waals surface area contributed by atoms with Gasteiger partial charge in [-0.1, -0.05) is 17.7 Å². The van der Waals surface area contributed by atoms with Crippen LogP contribution in [0.25, 0.3) is 0 Å². The summed E-state index contributed by atoms with van der Waals surface area (Å²) < 4.78 is 0. The zero-order valence-corrected chi connectivity index (χ0v) is 9.07. The Kier molecular flexibility index (Phi) is 3.04. The van der Waals surface area contributed by atoms with E-state index in [1.165, 1.54) is 0 Å². The lowest BCUT2D eigenvalue weighted by atomic mass is 10.3. The normalized spacial score (nSPS) is 9.31. The van der Waals surface area contributed by atoms with E-state index in [0.717, 1.165) is 0 Å². The Morgan fingerprint density at radius 3 is 2.69 bits per heavy atom. The fraction of sp³-hybridized carbons (Fsp3) is 0. The molecule has 0 fully saturated rings. The molecule has 0 spiro atoms. The zero-order valence-electron chi connectivity index (χ0n) is 8.31. The molecular formula is C12H8ClN3. The third kappa shape index (κ3) is 2.30. The van der Waals surface area contributed by atoms with Crippen LogP contribution >= 0.6 is 11.6 Å². The van der Waals surface area contributed by atoms with Gasteiger partial charge in [0.15, 0.2) is 0 Å². The van der Waals surface area contributed by atoms with Gasteiger partial charge in [-0.05, 0) is 30.0 Å². The third-order valence-corrected chi connectivity index (χ3v) is 2.24. The van der Waals surface area contributed by atoms with Crippen LogP contribution in [0.15, 0.2) is 36.7 Å². The highest BCUT2D eigenvalue weighted by Crippen LogP contribution is 2.19. The van der Waals surface area contributed by atoms with Crippen LogP contribution in [0.3, 0.4) is 0 Å². The molecule has 0 unspecified atom stereocenters. The van der Waals surface area contributed by atoms with Crippen molar-refractivity contribution in [2.45, 2.75) is 0 Å². The Bertz CT molecular complexity index is 555. The maximum Gasteiger partial charge on any atom is 0.137 e. The van der Waals surface area contributed by atoms with Gasteiger partial charge in [-0.2, -0.15) is 0 Å². The molecule has 3 nitrogen and oxygen atoms in total. The van der Waals surface area contributed by atoms with Gasteiger partial charge in [-0.15, -0.1) is 0 Å². The standard InChI is InChI=1S/C12H8ClN3/c13-10-6-8-16-11(12(10)14)5-4-9-3-1-2-7-15-9/h1-3,6-8H,14H2. The second kappa shape index (κ2) is 4.65. The van der Waals surface area contributed by atoms with Gasteiger partial charge in [0.05, 0.1) is 10.7 Å². The lowest BCUT2D eigenvalue weighted by molar-refractivity contribution is 1.27. The van der Waals surface area contributed by atoms with Gasteiger partial charge in [-0.3, -0.25) is 0 Å².